The average Bonchev–Trinajstić information content (AvgIpc) is 2.86. The van der Waals surface area contributed by atoms with Crippen LogP contribution >= 0.6 is 11.6 Å². The zero-order valence-corrected chi connectivity index (χ0v) is 14.9. The zero-order chi connectivity index (χ0) is 18.4. The molecule has 0 N–H and O–H groups in total. The number of aryl methyl sites for hydroxylation is 1. The Bertz CT molecular complexity index is 837. The fraction of sp³-hybridized carbons (Fsp3) is 0.278. The third-order valence-electron chi connectivity index (χ3n) is 3.44. The van der Waals surface area contributed by atoms with Gasteiger partial charge in [0, 0.05) is 11.6 Å². The number of hydrogen-bond acceptors (Lipinski definition) is 5. The van der Waals surface area contributed by atoms with Crippen molar-refractivity contribution in [2.24, 2.45) is 0 Å². The Morgan fingerprint density at radius 3 is 2.96 bits per heavy atom. The Balaban J connectivity index is 2.17. The highest BCUT2D eigenvalue weighted by molar-refractivity contribution is 6.31. The average molecular weight is 360 g/mol. The van der Waals surface area contributed by atoms with Gasteiger partial charge in [0.15, 0.2) is 6.10 Å². The Kier molecular flexibility index (Phi) is 6.20. The summed E-state index contributed by atoms with van der Waals surface area (Å²) >= 11 is 6.38. The van der Waals surface area contributed by atoms with E-state index in [1.165, 1.54) is 13.0 Å². The molecule has 0 aliphatic carbocycles. The largest absolute Gasteiger partial charge is 0.497 e. The maximum atomic E-state index is 11.6. The molecule has 1 heterocycles. The molecule has 0 radical (unpaired) electrons. The van der Waals surface area contributed by atoms with E-state index in [2.05, 4.69) is 5.10 Å². The van der Waals surface area contributed by atoms with Crippen LogP contribution in [0.15, 0.2) is 30.3 Å². The van der Waals surface area contributed by atoms with Crippen molar-refractivity contribution in [2.75, 3.05) is 7.11 Å². The third kappa shape index (κ3) is 4.85. The number of halogens is 1. The highest BCUT2D eigenvalue weighted by Crippen LogP contribution is 2.23. The van der Waals surface area contributed by atoms with E-state index in [9.17, 15) is 4.79 Å². The van der Waals surface area contributed by atoms with Gasteiger partial charge in [0.05, 0.1) is 19.3 Å². The second-order valence-electron chi connectivity index (χ2n) is 5.34. The molecule has 1 aromatic heterocycles. The van der Waals surface area contributed by atoms with Gasteiger partial charge in [-0.05, 0) is 37.6 Å². The van der Waals surface area contributed by atoms with Crippen molar-refractivity contribution >= 4 is 23.6 Å². The fourth-order valence-corrected chi connectivity index (χ4v) is 2.49. The summed E-state index contributed by atoms with van der Waals surface area (Å²) in [6.45, 7) is 3.77. The number of nitrogens with zero attached hydrogens (tertiary/aromatic N) is 3. The normalized spacial score (nSPS) is 12.0. The van der Waals surface area contributed by atoms with Crippen LogP contribution in [0, 0.1) is 18.3 Å². The van der Waals surface area contributed by atoms with Crippen LogP contribution in [0.25, 0.3) is 6.08 Å². The van der Waals surface area contributed by atoms with E-state index in [1.54, 1.807) is 24.8 Å². The summed E-state index contributed by atoms with van der Waals surface area (Å²) in [4.78, 5) is 11.6. The molecule has 0 fully saturated rings. The molecular formula is C18H18ClN3O3. The Morgan fingerprint density at radius 1 is 1.52 bits per heavy atom. The van der Waals surface area contributed by atoms with E-state index in [4.69, 9.17) is 26.3 Å². The van der Waals surface area contributed by atoms with E-state index in [0.29, 0.717) is 23.0 Å². The molecule has 25 heavy (non-hydrogen) atoms. The molecule has 1 atom stereocenters. The second kappa shape index (κ2) is 8.36. The first-order valence-electron chi connectivity index (χ1n) is 7.58. The molecule has 0 aliphatic heterocycles. The first-order valence-corrected chi connectivity index (χ1v) is 7.96. The van der Waals surface area contributed by atoms with E-state index in [1.807, 2.05) is 30.3 Å². The monoisotopic (exact) mass is 359 g/mol. The summed E-state index contributed by atoms with van der Waals surface area (Å²) in [5.74, 6) is 0.150. The molecule has 0 aliphatic rings. The van der Waals surface area contributed by atoms with Crippen LogP contribution < -0.4 is 4.74 Å². The predicted octanol–water partition coefficient (Wildman–Crippen LogP) is 3.37. The van der Waals surface area contributed by atoms with Gasteiger partial charge in [-0.25, -0.2) is 9.48 Å². The molecule has 0 bridgehead atoms. The topological polar surface area (TPSA) is 77.1 Å². The van der Waals surface area contributed by atoms with Crippen LogP contribution in [-0.2, 0) is 16.1 Å². The number of carbonyl (C=O) groups excluding carboxylic acids is 1. The standard InChI is InChI=1S/C18H18ClN3O3/c1-12(10-20)25-17(23)8-7-16-13(2)21-22(18(16)19)11-14-5-4-6-15(9-14)24-3/h4-9,12H,11H2,1-3H3/b8-7+/t12-/m1/s1. The van der Waals surface area contributed by atoms with E-state index >= 15 is 0 Å². The Labute approximate surface area is 151 Å². The molecule has 0 spiro atoms. The van der Waals surface area contributed by atoms with Gasteiger partial charge in [-0.1, -0.05) is 23.7 Å². The van der Waals surface area contributed by atoms with Gasteiger partial charge < -0.3 is 9.47 Å². The summed E-state index contributed by atoms with van der Waals surface area (Å²) in [7, 11) is 1.61. The van der Waals surface area contributed by atoms with Gasteiger partial charge in [0.1, 0.15) is 17.0 Å². The number of aromatic nitrogens is 2. The maximum absolute atomic E-state index is 11.6. The number of esters is 1. The number of rotatable bonds is 6. The minimum Gasteiger partial charge on any atom is -0.497 e. The number of benzene rings is 1. The highest BCUT2D eigenvalue weighted by atomic mass is 35.5. The minimum atomic E-state index is -0.801. The zero-order valence-electron chi connectivity index (χ0n) is 14.2. The van der Waals surface area contributed by atoms with Crippen LogP contribution in [-0.4, -0.2) is 29.0 Å². The van der Waals surface area contributed by atoms with E-state index in [0.717, 1.165) is 11.3 Å². The second-order valence-corrected chi connectivity index (χ2v) is 5.70. The molecule has 0 saturated carbocycles. The van der Waals surface area contributed by atoms with Crippen LogP contribution in [0.4, 0.5) is 0 Å². The fourth-order valence-electron chi connectivity index (χ4n) is 2.20. The van der Waals surface area contributed by atoms with Crippen molar-refractivity contribution in [2.45, 2.75) is 26.5 Å². The van der Waals surface area contributed by atoms with Crippen molar-refractivity contribution in [3.05, 3.63) is 52.3 Å². The smallest absolute Gasteiger partial charge is 0.332 e. The van der Waals surface area contributed by atoms with Crippen LogP contribution in [0.1, 0.15) is 23.7 Å². The first kappa shape index (κ1) is 18.6. The lowest BCUT2D eigenvalue weighted by Gasteiger charge is -2.06. The van der Waals surface area contributed by atoms with Gasteiger partial charge >= 0.3 is 5.97 Å². The lowest BCUT2D eigenvalue weighted by Crippen LogP contribution is -2.10. The Morgan fingerprint density at radius 2 is 2.28 bits per heavy atom. The van der Waals surface area contributed by atoms with Crippen molar-refractivity contribution in [3.63, 3.8) is 0 Å². The number of carbonyl (C=O) groups is 1. The molecule has 7 heteroatoms. The molecule has 2 aromatic rings. The predicted molar refractivity (Wildman–Crippen MR) is 94.3 cm³/mol. The van der Waals surface area contributed by atoms with Crippen LogP contribution in [0.2, 0.25) is 5.15 Å². The maximum Gasteiger partial charge on any atom is 0.332 e. The van der Waals surface area contributed by atoms with Crippen molar-refractivity contribution in [3.8, 4) is 11.8 Å². The molecule has 2 rings (SSSR count). The molecule has 0 amide bonds. The summed E-state index contributed by atoms with van der Waals surface area (Å²) in [6.07, 6.45) is 1.98. The third-order valence-corrected chi connectivity index (χ3v) is 3.84. The van der Waals surface area contributed by atoms with Gasteiger partial charge in [-0.3, -0.25) is 0 Å². The van der Waals surface area contributed by atoms with Crippen LogP contribution in [0.3, 0.4) is 0 Å². The molecule has 6 nitrogen and oxygen atoms in total. The number of methoxy groups -OCH3 is 1. The first-order chi connectivity index (χ1) is 11.9. The summed E-state index contributed by atoms with van der Waals surface area (Å²) in [5, 5.41) is 13.5. The van der Waals surface area contributed by atoms with Gasteiger partial charge in [0.2, 0.25) is 0 Å². The van der Waals surface area contributed by atoms with Gasteiger partial charge in [-0.15, -0.1) is 0 Å². The van der Waals surface area contributed by atoms with Crippen molar-refractivity contribution in [1.29, 1.82) is 5.26 Å². The molecular weight excluding hydrogens is 342 g/mol. The van der Waals surface area contributed by atoms with Gasteiger partial charge in [0.25, 0.3) is 0 Å². The number of hydrogen-bond donors (Lipinski definition) is 0. The highest BCUT2D eigenvalue weighted by Gasteiger charge is 2.13. The van der Waals surface area contributed by atoms with Crippen molar-refractivity contribution < 1.29 is 14.3 Å². The lowest BCUT2D eigenvalue weighted by molar-refractivity contribution is -0.139. The van der Waals surface area contributed by atoms with Crippen LogP contribution in [0.5, 0.6) is 5.75 Å². The molecule has 0 unspecified atom stereocenters. The van der Waals surface area contributed by atoms with E-state index < -0.39 is 12.1 Å². The minimum absolute atomic E-state index is 0.415. The quantitative estimate of drug-likeness (QED) is 0.583. The van der Waals surface area contributed by atoms with E-state index in [-0.39, 0.29) is 0 Å². The molecule has 1 aromatic carbocycles. The van der Waals surface area contributed by atoms with Crippen molar-refractivity contribution in [1.82, 2.24) is 9.78 Å². The number of ether oxygens (including phenoxy) is 2. The lowest BCUT2D eigenvalue weighted by atomic mass is 10.2. The SMILES string of the molecule is COc1cccc(Cn2nc(C)c(/C=C/C(=O)O[C@H](C)C#N)c2Cl)c1. The molecule has 0 saturated heterocycles. The summed E-state index contributed by atoms with van der Waals surface area (Å²) in [5.41, 5.74) is 2.30. The summed E-state index contributed by atoms with van der Waals surface area (Å²) in [6, 6.07) is 9.44. The summed E-state index contributed by atoms with van der Waals surface area (Å²) < 4.78 is 11.7. The molecule has 130 valence electrons. The van der Waals surface area contributed by atoms with Gasteiger partial charge in [-0.2, -0.15) is 10.4 Å². The number of nitriles is 1. The Hall–Kier alpha value is -2.78.